The summed E-state index contributed by atoms with van der Waals surface area (Å²) in [6.07, 6.45) is 0.105. The van der Waals surface area contributed by atoms with Crippen LogP contribution in [0.15, 0.2) is 27.6 Å². The molecular formula is C12H15BrN2O5S. The normalized spacial score (nSPS) is 11.1. The smallest absolute Gasteiger partial charge is 0.303 e. The van der Waals surface area contributed by atoms with Crippen molar-refractivity contribution in [2.75, 3.05) is 11.9 Å². The number of nitrogens with one attached hydrogen (secondary N) is 2. The van der Waals surface area contributed by atoms with Crippen molar-refractivity contribution >= 4 is 43.5 Å². The maximum absolute atomic E-state index is 12.0. The summed E-state index contributed by atoms with van der Waals surface area (Å²) in [5.41, 5.74) is 0.465. The van der Waals surface area contributed by atoms with Crippen LogP contribution < -0.4 is 10.0 Å². The first kappa shape index (κ1) is 17.6. The summed E-state index contributed by atoms with van der Waals surface area (Å²) >= 11 is 3.18. The van der Waals surface area contributed by atoms with Gasteiger partial charge >= 0.3 is 5.97 Å². The van der Waals surface area contributed by atoms with Crippen molar-refractivity contribution < 1.29 is 23.1 Å². The minimum Gasteiger partial charge on any atom is -0.481 e. The third kappa shape index (κ3) is 5.82. The zero-order chi connectivity index (χ0) is 16.0. The molecule has 1 amide bonds. The van der Waals surface area contributed by atoms with Crippen molar-refractivity contribution in [2.45, 2.75) is 24.7 Å². The highest BCUT2D eigenvalue weighted by molar-refractivity contribution is 9.10. The number of halogens is 1. The number of anilines is 1. The number of rotatable bonds is 7. The van der Waals surface area contributed by atoms with Gasteiger partial charge in [0, 0.05) is 24.4 Å². The lowest BCUT2D eigenvalue weighted by Crippen LogP contribution is -2.25. The first-order valence-electron chi connectivity index (χ1n) is 6.01. The maximum Gasteiger partial charge on any atom is 0.303 e. The van der Waals surface area contributed by atoms with Crippen LogP contribution in [0.5, 0.6) is 0 Å². The standard InChI is InChI=1S/C12H15BrN2O5S/c1-8(16)15-11-5-4-9(7-10(11)13)21(19,20)14-6-2-3-12(17)18/h4-5,7,14H,2-3,6H2,1H3,(H,15,16)(H,17,18). The van der Waals surface area contributed by atoms with Gasteiger partial charge in [-0.3, -0.25) is 9.59 Å². The van der Waals surface area contributed by atoms with Crippen molar-refractivity contribution in [1.82, 2.24) is 4.72 Å². The van der Waals surface area contributed by atoms with Crippen LogP contribution in [0, 0.1) is 0 Å². The van der Waals surface area contributed by atoms with Gasteiger partial charge in [-0.1, -0.05) is 0 Å². The summed E-state index contributed by atoms with van der Waals surface area (Å²) in [5, 5.41) is 11.0. The quantitative estimate of drug-likeness (QED) is 0.623. The van der Waals surface area contributed by atoms with Gasteiger partial charge in [-0.25, -0.2) is 13.1 Å². The molecule has 1 aromatic carbocycles. The minimum absolute atomic E-state index is 0.0267. The molecule has 0 aliphatic rings. The summed E-state index contributed by atoms with van der Waals surface area (Å²) in [7, 11) is -3.71. The van der Waals surface area contributed by atoms with Gasteiger partial charge in [0.25, 0.3) is 0 Å². The maximum atomic E-state index is 12.0. The molecule has 3 N–H and O–H groups in total. The van der Waals surface area contributed by atoms with Gasteiger partial charge in [0.15, 0.2) is 0 Å². The minimum atomic E-state index is -3.71. The second kappa shape index (κ2) is 7.53. The third-order valence-electron chi connectivity index (χ3n) is 2.42. The predicted molar refractivity (Wildman–Crippen MR) is 80.5 cm³/mol. The van der Waals surface area contributed by atoms with E-state index < -0.39 is 16.0 Å². The largest absolute Gasteiger partial charge is 0.481 e. The summed E-state index contributed by atoms with van der Waals surface area (Å²) in [4.78, 5) is 21.3. The number of hydrogen-bond donors (Lipinski definition) is 3. The number of carboxylic acids is 1. The Morgan fingerprint density at radius 3 is 2.52 bits per heavy atom. The number of hydrogen-bond acceptors (Lipinski definition) is 4. The second-order valence-corrected chi connectivity index (χ2v) is 6.84. The summed E-state index contributed by atoms with van der Waals surface area (Å²) in [6.45, 7) is 1.39. The monoisotopic (exact) mass is 378 g/mol. The molecule has 0 bridgehead atoms. The van der Waals surface area contributed by atoms with Crippen LogP contribution in [0.25, 0.3) is 0 Å². The first-order chi connectivity index (χ1) is 9.72. The number of aliphatic carboxylic acids is 1. The third-order valence-corrected chi connectivity index (χ3v) is 4.54. The van der Waals surface area contributed by atoms with E-state index >= 15 is 0 Å². The molecule has 1 rings (SSSR count). The Morgan fingerprint density at radius 2 is 2.00 bits per heavy atom. The molecule has 0 unspecified atom stereocenters. The van der Waals surface area contributed by atoms with Crippen LogP contribution in [-0.2, 0) is 19.6 Å². The molecule has 7 nitrogen and oxygen atoms in total. The van der Waals surface area contributed by atoms with E-state index in [2.05, 4.69) is 26.0 Å². The van der Waals surface area contributed by atoms with E-state index in [0.29, 0.717) is 10.2 Å². The molecule has 0 saturated heterocycles. The Balaban J connectivity index is 2.77. The van der Waals surface area contributed by atoms with Gasteiger partial charge in [-0.05, 0) is 40.5 Å². The molecule has 0 aromatic heterocycles. The van der Waals surface area contributed by atoms with E-state index in [1.54, 1.807) is 0 Å². The summed E-state index contributed by atoms with van der Waals surface area (Å²) in [5.74, 6) is -1.24. The van der Waals surface area contributed by atoms with E-state index in [-0.39, 0.29) is 30.2 Å². The van der Waals surface area contributed by atoms with Crippen LogP contribution in [0.1, 0.15) is 19.8 Å². The molecule has 0 saturated carbocycles. The van der Waals surface area contributed by atoms with Gasteiger partial charge in [0.2, 0.25) is 15.9 Å². The molecule has 0 fully saturated rings. The molecular weight excluding hydrogens is 364 g/mol. The number of carbonyl (C=O) groups is 2. The zero-order valence-electron chi connectivity index (χ0n) is 11.2. The fourth-order valence-corrected chi connectivity index (χ4v) is 3.21. The molecule has 0 aliphatic heterocycles. The molecule has 116 valence electrons. The van der Waals surface area contributed by atoms with E-state index in [1.165, 1.54) is 25.1 Å². The van der Waals surface area contributed by atoms with Gasteiger partial charge in [0.1, 0.15) is 0 Å². The molecule has 9 heteroatoms. The highest BCUT2D eigenvalue weighted by Gasteiger charge is 2.15. The Hall–Kier alpha value is -1.45. The van der Waals surface area contributed by atoms with Crippen molar-refractivity contribution in [2.24, 2.45) is 0 Å². The average Bonchev–Trinajstić information content (AvgIpc) is 2.36. The lowest BCUT2D eigenvalue weighted by molar-refractivity contribution is -0.137. The van der Waals surface area contributed by atoms with E-state index in [0.717, 1.165) is 0 Å². The van der Waals surface area contributed by atoms with Crippen LogP contribution in [-0.4, -0.2) is 31.9 Å². The fourth-order valence-electron chi connectivity index (χ4n) is 1.48. The van der Waals surface area contributed by atoms with Crippen molar-refractivity contribution in [3.05, 3.63) is 22.7 Å². The number of amides is 1. The number of benzene rings is 1. The predicted octanol–water partition coefficient (Wildman–Crippen LogP) is 1.55. The van der Waals surface area contributed by atoms with E-state index in [4.69, 9.17) is 5.11 Å². The molecule has 0 aliphatic carbocycles. The van der Waals surface area contributed by atoms with Crippen molar-refractivity contribution in [3.63, 3.8) is 0 Å². The Morgan fingerprint density at radius 1 is 1.33 bits per heavy atom. The number of carboxylic acid groups (broad SMARTS) is 1. The summed E-state index contributed by atoms with van der Waals surface area (Å²) < 4.78 is 26.7. The zero-order valence-corrected chi connectivity index (χ0v) is 13.6. The van der Waals surface area contributed by atoms with Crippen LogP contribution in [0.4, 0.5) is 5.69 Å². The molecule has 0 atom stereocenters. The van der Waals surface area contributed by atoms with Gasteiger partial charge < -0.3 is 10.4 Å². The van der Waals surface area contributed by atoms with Crippen LogP contribution in [0.2, 0.25) is 0 Å². The van der Waals surface area contributed by atoms with Crippen LogP contribution >= 0.6 is 15.9 Å². The van der Waals surface area contributed by atoms with Crippen molar-refractivity contribution in [1.29, 1.82) is 0 Å². The Labute approximate surface area is 130 Å². The molecule has 0 radical (unpaired) electrons. The van der Waals surface area contributed by atoms with Gasteiger partial charge in [-0.15, -0.1) is 0 Å². The molecule has 0 spiro atoms. The lowest BCUT2D eigenvalue weighted by Gasteiger charge is -2.09. The Kier molecular flexibility index (Phi) is 6.31. The first-order valence-corrected chi connectivity index (χ1v) is 8.28. The van der Waals surface area contributed by atoms with Crippen LogP contribution in [0.3, 0.4) is 0 Å². The van der Waals surface area contributed by atoms with Crippen molar-refractivity contribution in [3.8, 4) is 0 Å². The van der Waals surface area contributed by atoms with Gasteiger partial charge in [-0.2, -0.15) is 0 Å². The highest BCUT2D eigenvalue weighted by Crippen LogP contribution is 2.25. The van der Waals surface area contributed by atoms with E-state index in [1.807, 2.05) is 0 Å². The fraction of sp³-hybridized carbons (Fsp3) is 0.333. The molecule has 0 heterocycles. The summed E-state index contributed by atoms with van der Waals surface area (Å²) in [6, 6.07) is 4.19. The Bertz CT molecular complexity index is 645. The average molecular weight is 379 g/mol. The topological polar surface area (TPSA) is 113 Å². The number of carbonyl (C=O) groups excluding carboxylic acids is 1. The van der Waals surface area contributed by atoms with E-state index in [9.17, 15) is 18.0 Å². The lowest BCUT2D eigenvalue weighted by atomic mass is 10.3. The number of sulfonamides is 1. The molecule has 1 aromatic rings. The SMILES string of the molecule is CC(=O)Nc1ccc(S(=O)(=O)NCCCC(=O)O)cc1Br. The second-order valence-electron chi connectivity index (χ2n) is 4.22. The highest BCUT2D eigenvalue weighted by atomic mass is 79.9. The van der Waals surface area contributed by atoms with Gasteiger partial charge in [0.05, 0.1) is 10.6 Å². The molecule has 21 heavy (non-hydrogen) atoms.